The molecule has 1 aliphatic rings. The average molecular weight is 336 g/mol. The first-order valence-electron chi connectivity index (χ1n) is 7.58. The molecular formula is C18H12N2O5. The Morgan fingerprint density at radius 3 is 2.24 bits per heavy atom. The molecule has 7 nitrogen and oxygen atoms in total. The summed E-state index contributed by atoms with van der Waals surface area (Å²) in [7, 11) is 0. The molecule has 2 heterocycles. The van der Waals surface area contributed by atoms with Crippen LogP contribution in [-0.4, -0.2) is 21.7 Å². The number of aryl methyl sites for hydroxylation is 1. The summed E-state index contributed by atoms with van der Waals surface area (Å²) in [5, 5.41) is 0.230. The van der Waals surface area contributed by atoms with Gasteiger partial charge in [-0.05, 0) is 36.2 Å². The number of carbonyl (C=O) groups is 2. The monoisotopic (exact) mass is 336 g/mol. The number of nitrogens with zero attached hydrogens (tertiary/aromatic N) is 1. The van der Waals surface area contributed by atoms with Crippen LogP contribution in [0, 0.1) is 6.92 Å². The highest BCUT2D eigenvalue weighted by molar-refractivity contribution is 6.21. The van der Waals surface area contributed by atoms with Crippen molar-refractivity contribution < 1.29 is 14.0 Å². The van der Waals surface area contributed by atoms with E-state index in [9.17, 15) is 19.2 Å². The predicted octanol–water partition coefficient (Wildman–Crippen LogP) is 1.59. The van der Waals surface area contributed by atoms with Gasteiger partial charge in [0.15, 0.2) is 0 Å². The molecule has 124 valence electrons. The van der Waals surface area contributed by atoms with Crippen molar-refractivity contribution in [1.29, 1.82) is 0 Å². The van der Waals surface area contributed by atoms with E-state index in [0.29, 0.717) is 27.8 Å². The average Bonchev–Trinajstić information content (AvgIpc) is 2.82. The minimum Gasteiger partial charge on any atom is -0.372 e. The summed E-state index contributed by atoms with van der Waals surface area (Å²) < 4.78 is 4.57. The van der Waals surface area contributed by atoms with Gasteiger partial charge in [0.2, 0.25) is 0 Å². The van der Waals surface area contributed by atoms with Crippen molar-refractivity contribution in [1.82, 2.24) is 9.88 Å². The molecule has 4 rings (SSSR count). The first kappa shape index (κ1) is 15.1. The van der Waals surface area contributed by atoms with E-state index in [1.54, 1.807) is 43.3 Å². The second kappa shape index (κ2) is 5.27. The van der Waals surface area contributed by atoms with E-state index in [1.165, 1.54) is 0 Å². The Morgan fingerprint density at radius 2 is 1.60 bits per heavy atom. The Bertz CT molecular complexity index is 1140. The second-order valence-electron chi connectivity index (χ2n) is 5.82. The number of aromatic nitrogens is 1. The maximum Gasteiger partial charge on any atom is 0.419 e. The zero-order valence-corrected chi connectivity index (χ0v) is 13.2. The molecule has 0 unspecified atom stereocenters. The molecule has 1 N–H and O–H groups in total. The Labute approximate surface area is 140 Å². The van der Waals surface area contributed by atoms with Gasteiger partial charge in [-0.3, -0.25) is 19.5 Å². The van der Waals surface area contributed by atoms with Gasteiger partial charge in [-0.25, -0.2) is 9.59 Å². The van der Waals surface area contributed by atoms with Gasteiger partial charge in [-0.2, -0.15) is 0 Å². The van der Waals surface area contributed by atoms with Crippen molar-refractivity contribution in [3.63, 3.8) is 0 Å². The van der Waals surface area contributed by atoms with Crippen molar-refractivity contribution in [2.45, 2.75) is 13.5 Å². The third-order valence-electron chi connectivity index (χ3n) is 4.41. The number of imide groups is 1. The molecule has 0 bridgehead atoms. The minimum atomic E-state index is -0.829. The number of aromatic amines is 1. The number of amides is 2. The van der Waals surface area contributed by atoms with Crippen LogP contribution in [0.25, 0.3) is 10.9 Å². The van der Waals surface area contributed by atoms with Crippen molar-refractivity contribution in [2.75, 3.05) is 0 Å². The highest BCUT2D eigenvalue weighted by Gasteiger charge is 2.35. The molecule has 0 radical (unpaired) electrons. The standard InChI is InChI=1S/C18H12N2O5/c1-9-10(6-7-13-14(9)17(23)25-18(24)19-13)8-20-15(21)11-4-2-3-5-12(11)16(20)22/h2-7H,8H2,1H3,(H,19,24). The van der Waals surface area contributed by atoms with Crippen LogP contribution in [0.3, 0.4) is 0 Å². The molecule has 1 aliphatic heterocycles. The fourth-order valence-corrected chi connectivity index (χ4v) is 3.12. The first-order chi connectivity index (χ1) is 12.0. The largest absolute Gasteiger partial charge is 0.419 e. The molecule has 25 heavy (non-hydrogen) atoms. The van der Waals surface area contributed by atoms with Crippen LogP contribution in [-0.2, 0) is 6.54 Å². The maximum absolute atomic E-state index is 12.5. The van der Waals surface area contributed by atoms with Crippen LogP contribution < -0.4 is 11.4 Å². The van der Waals surface area contributed by atoms with Gasteiger partial charge in [0.1, 0.15) is 0 Å². The van der Waals surface area contributed by atoms with Gasteiger partial charge in [-0.1, -0.05) is 18.2 Å². The minimum absolute atomic E-state index is 0.0344. The third kappa shape index (κ3) is 2.20. The molecule has 0 fully saturated rings. The topological polar surface area (TPSA) is 100 Å². The lowest BCUT2D eigenvalue weighted by Crippen LogP contribution is -2.29. The smallest absolute Gasteiger partial charge is 0.372 e. The Hall–Kier alpha value is -3.48. The van der Waals surface area contributed by atoms with E-state index in [1.807, 2.05) is 0 Å². The molecule has 2 aromatic carbocycles. The zero-order chi connectivity index (χ0) is 17.7. The number of carbonyl (C=O) groups excluding carboxylic acids is 2. The first-order valence-corrected chi connectivity index (χ1v) is 7.58. The number of H-pyrrole nitrogens is 1. The summed E-state index contributed by atoms with van der Waals surface area (Å²) in [6.45, 7) is 1.72. The molecule has 0 aliphatic carbocycles. The number of hydrogen-bond acceptors (Lipinski definition) is 5. The molecule has 2 amide bonds. The summed E-state index contributed by atoms with van der Waals surface area (Å²) in [5.41, 5.74) is 1.52. The number of rotatable bonds is 2. The lowest BCUT2D eigenvalue weighted by molar-refractivity contribution is 0.0642. The van der Waals surface area contributed by atoms with Crippen molar-refractivity contribution in [3.05, 3.63) is 79.6 Å². The molecule has 0 saturated heterocycles. The van der Waals surface area contributed by atoms with E-state index in [0.717, 1.165) is 4.90 Å². The van der Waals surface area contributed by atoms with Crippen LogP contribution in [0.2, 0.25) is 0 Å². The fourth-order valence-electron chi connectivity index (χ4n) is 3.12. The fraction of sp³-hybridized carbons (Fsp3) is 0.111. The normalized spacial score (nSPS) is 13.6. The third-order valence-corrected chi connectivity index (χ3v) is 4.41. The van der Waals surface area contributed by atoms with E-state index in [-0.39, 0.29) is 23.7 Å². The lowest BCUT2D eigenvalue weighted by atomic mass is 10.0. The Morgan fingerprint density at radius 1 is 0.960 bits per heavy atom. The van der Waals surface area contributed by atoms with E-state index in [2.05, 4.69) is 9.40 Å². The van der Waals surface area contributed by atoms with Gasteiger partial charge in [-0.15, -0.1) is 0 Å². The highest BCUT2D eigenvalue weighted by Crippen LogP contribution is 2.26. The Kier molecular flexibility index (Phi) is 3.18. The lowest BCUT2D eigenvalue weighted by Gasteiger charge is -2.16. The number of fused-ring (bicyclic) bond motifs is 2. The van der Waals surface area contributed by atoms with Crippen molar-refractivity contribution >= 4 is 22.7 Å². The quantitative estimate of drug-likeness (QED) is 0.716. The van der Waals surface area contributed by atoms with Gasteiger partial charge in [0, 0.05) is 0 Å². The van der Waals surface area contributed by atoms with E-state index >= 15 is 0 Å². The summed E-state index contributed by atoms with van der Waals surface area (Å²) in [5.74, 6) is -1.56. The van der Waals surface area contributed by atoms with Crippen LogP contribution >= 0.6 is 0 Å². The predicted molar refractivity (Wildman–Crippen MR) is 88.5 cm³/mol. The number of benzene rings is 2. The summed E-state index contributed by atoms with van der Waals surface area (Å²) in [6, 6.07) is 9.88. The number of nitrogens with one attached hydrogen (secondary N) is 1. The molecule has 0 saturated carbocycles. The second-order valence-corrected chi connectivity index (χ2v) is 5.82. The van der Waals surface area contributed by atoms with Crippen LogP contribution in [0.5, 0.6) is 0 Å². The van der Waals surface area contributed by atoms with Crippen molar-refractivity contribution in [2.24, 2.45) is 0 Å². The molecule has 7 heteroatoms. The maximum atomic E-state index is 12.5. The highest BCUT2D eigenvalue weighted by atomic mass is 16.4. The van der Waals surface area contributed by atoms with Gasteiger partial charge in [0.05, 0.1) is 28.6 Å². The van der Waals surface area contributed by atoms with E-state index in [4.69, 9.17) is 0 Å². The van der Waals surface area contributed by atoms with Gasteiger partial charge in [0.25, 0.3) is 11.8 Å². The number of hydrogen-bond donors (Lipinski definition) is 1. The SMILES string of the molecule is Cc1c(CN2C(=O)c3ccccc3C2=O)ccc2[nH]c(=O)oc(=O)c12. The van der Waals surface area contributed by atoms with Gasteiger partial charge < -0.3 is 4.42 Å². The molecule has 0 atom stereocenters. The van der Waals surface area contributed by atoms with Crippen LogP contribution in [0.15, 0.2) is 50.4 Å². The molecule has 1 aromatic heterocycles. The summed E-state index contributed by atoms with van der Waals surface area (Å²) in [4.78, 5) is 51.8. The summed E-state index contributed by atoms with van der Waals surface area (Å²) in [6.07, 6.45) is 0. The summed E-state index contributed by atoms with van der Waals surface area (Å²) >= 11 is 0. The van der Waals surface area contributed by atoms with Gasteiger partial charge >= 0.3 is 11.4 Å². The van der Waals surface area contributed by atoms with Crippen LogP contribution in [0.4, 0.5) is 0 Å². The molecule has 3 aromatic rings. The Balaban J connectivity index is 1.79. The van der Waals surface area contributed by atoms with Crippen molar-refractivity contribution in [3.8, 4) is 0 Å². The van der Waals surface area contributed by atoms with Crippen LogP contribution in [0.1, 0.15) is 31.8 Å². The zero-order valence-electron chi connectivity index (χ0n) is 13.2. The molecule has 0 spiro atoms. The molecular weight excluding hydrogens is 324 g/mol. The van der Waals surface area contributed by atoms with E-state index < -0.39 is 11.4 Å².